The molecule has 0 aromatic carbocycles. The second kappa shape index (κ2) is 6.25. The molecule has 0 spiro atoms. The van der Waals surface area contributed by atoms with Gasteiger partial charge in [-0.25, -0.2) is 0 Å². The van der Waals surface area contributed by atoms with Crippen molar-refractivity contribution in [3.05, 3.63) is 12.2 Å². The van der Waals surface area contributed by atoms with Gasteiger partial charge in [0.2, 0.25) is 0 Å². The summed E-state index contributed by atoms with van der Waals surface area (Å²) < 4.78 is 11.9. The van der Waals surface area contributed by atoms with E-state index in [9.17, 15) is 4.79 Å². The van der Waals surface area contributed by atoms with Crippen LogP contribution in [0.25, 0.3) is 0 Å². The summed E-state index contributed by atoms with van der Waals surface area (Å²) >= 11 is 0. The summed E-state index contributed by atoms with van der Waals surface area (Å²) in [7, 11) is -1.80. The van der Waals surface area contributed by atoms with Gasteiger partial charge in [0.15, 0.2) is 8.32 Å². The SMILES string of the molecule is CC(C)(C)OC(=O)C[C@@H]1C=CC[C@@H]1O[Si](C)(C)C(C)(C)C. The number of carbonyl (C=O) groups excluding carboxylic acids is 1. The van der Waals surface area contributed by atoms with E-state index in [4.69, 9.17) is 9.16 Å². The Labute approximate surface area is 131 Å². The first-order valence-electron chi connectivity index (χ1n) is 7.88. The zero-order valence-electron chi connectivity index (χ0n) is 14.9. The lowest BCUT2D eigenvalue weighted by atomic mass is 10.0. The molecular formula is C17H32O3Si. The minimum absolute atomic E-state index is 0.124. The van der Waals surface area contributed by atoms with Crippen LogP contribution >= 0.6 is 0 Å². The Morgan fingerprint density at radius 3 is 2.24 bits per heavy atom. The van der Waals surface area contributed by atoms with Gasteiger partial charge in [0.25, 0.3) is 0 Å². The lowest BCUT2D eigenvalue weighted by Gasteiger charge is -2.39. The molecule has 0 amide bonds. The molecule has 3 nitrogen and oxygen atoms in total. The summed E-state index contributed by atoms with van der Waals surface area (Å²) in [5.41, 5.74) is -0.421. The molecule has 0 bridgehead atoms. The van der Waals surface area contributed by atoms with Gasteiger partial charge < -0.3 is 9.16 Å². The third-order valence-corrected chi connectivity index (χ3v) is 8.81. The first-order valence-corrected chi connectivity index (χ1v) is 10.8. The van der Waals surface area contributed by atoms with Crippen molar-refractivity contribution >= 4 is 14.3 Å². The van der Waals surface area contributed by atoms with Crippen molar-refractivity contribution in [1.82, 2.24) is 0 Å². The highest BCUT2D eigenvalue weighted by Gasteiger charge is 2.41. The van der Waals surface area contributed by atoms with E-state index < -0.39 is 13.9 Å². The van der Waals surface area contributed by atoms with E-state index in [0.717, 1.165) is 6.42 Å². The highest BCUT2D eigenvalue weighted by atomic mass is 28.4. The van der Waals surface area contributed by atoms with E-state index in [1.165, 1.54) is 0 Å². The molecule has 1 rings (SSSR count). The maximum absolute atomic E-state index is 12.0. The maximum Gasteiger partial charge on any atom is 0.307 e. The van der Waals surface area contributed by atoms with E-state index in [-0.39, 0.29) is 23.0 Å². The number of hydrogen-bond acceptors (Lipinski definition) is 3. The first-order chi connectivity index (χ1) is 9.32. The Hall–Kier alpha value is -0.613. The van der Waals surface area contributed by atoms with Crippen molar-refractivity contribution in [2.24, 2.45) is 5.92 Å². The van der Waals surface area contributed by atoms with Crippen molar-refractivity contribution in [3.63, 3.8) is 0 Å². The quantitative estimate of drug-likeness (QED) is 0.429. The van der Waals surface area contributed by atoms with Crippen molar-refractivity contribution in [2.45, 2.75) is 84.2 Å². The number of esters is 1. The molecule has 0 radical (unpaired) electrons. The van der Waals surface area contributed by atoms with E-state index in [1.54, 1.807) is 0 Å². The van der Waals surface area contributed by atoms with Crippen molar-refractivity contribution < 1.29 is 14.0 Å². The Bertz CT molecular complexity index is 399. The zero-order chi connectivity index (χ0) is 16.5. The van der Waals surface area contributed by atoms with Gasteiger partial charge in [0, 0.05) is 5.92 Å². The smallest absolute Gasteiger partial charge is 0.307 e. The van der Waals surface area contributed by atoms with Crippen LogP contribution in [0.2, 0.25) is 18.1 Å². The average molecular weight is 313 g/mol. The number of rotatable bonds is 4. The molecule has 0 aromatic rings. The molecule has 1 aliphatic rings. The summed E-state index contributed by atoms with van der Waals surface area (Å²) in [6, 6.07) is 0. The molecule has 0 fully saturated rings. The van der Waals surface area contributed by atoms with Gasteiger partial charge in [-0.2, -0.15) is 0 Å². The van der Waals surface area contributed by atoms with Crippen LogP contribution in [0.5, 0.6) is 0 Å². The van der Waals surface area contributed by atoms with Crippen molar-refractivity contribution in [2.75, 3.05) is 0 Å². The molecular weight excluding hydrogens is 280 g/mol. The molecule has 2 atom stereocenters. The molecule has 0 N–H and O–H groups in total. The standard InChI is InChI=1S/C17H32O3Si/c1-16(2,3)19-15(18)12-13-10-9-11-14(13)20-21(7,8)17(4,5)6/h9-10,13-14H,11-12H2,1-8H3/t13-,14-/m0/s1. The van der Waals surface area contributed by atoms with Crippen molar-refractivity contribution in [3.8, 4) is 0 Å². The fraction of sp³-hybridized carbons (Fsp3) is 0.824. The van der Waals surface area contributed by atoms with Gasteiger partial charge in [-0.15, -0.1) is 0 Å². The second-order valence-electron chi connectivity index (χ2n) is 8.53. The minimum Gasteiger partial charge on any atom is -0.460 e. The normalized spacial score (nSPS) is 23.4. The Morgan fingerprint density at radius 1 is 1.19 bits per heavy atom. The highest BCUT2D eigenvalue weighted by molar-refractivity contribution is 6.74. The lowest BCUT2D eigenvalue weighted by molar-refractivity contribution is -0.156. The molecule has 1 aliphatic carbocycles. The third-order valence-electron chi connectivity index (χ3n) is 4.30. The molecule has 0 saturated carbocycles. The Balaban J connectivity index is 2.64. The van der Waals surface area contributed by atoms with E-state index in [2.05, 4.69) is 46.0 Å². The zero-order valence-corrected chi connectivity index (χ0v) is 15.9. The van der Waals surface area contributed by atoms with Crippen LogP contribution in [-0.4, -0.2) is 26.0 Å². The van der Waals surface area contributed by atoms with Gasteiger partial charge >= 0.3 is 5.97 Å². The van der Waals surface area contributed by atoms with Crippen LogP contribution < -0.4 is 0 Å². The second-order valence-corrected chi connectivity index (χ2v) is 13.3. The number of carbonyl (C=O) groups is 1. The van der Waals surface area contributed by atoms with E-state index in [1.807, 2.05) is 20.8 Å². The van der Waals surface area contributed by atoms with Crippen LogP contribution in [0.4, 0.5) is 0 Å². The van der Waals surface area contributed by atoms with Gasteiger partial charge in [-0.3, -0.25) is 4.79 Å². The van der Waals surface area contributed by atoms with Crippen molar-refractivity contribution in [1.29, 1.82) is 0 Å². The summed E-state index contributed by atoms with van der Waals surface area (Å²) in [6.45, 7) is 16.9. The summed E-state index contributed by atoms with van der Waals surface area (Å²) in [6.07, 6.45) is 5.68. The fourth-order valence-corrected chi connectivity index (χ4v) is 3.53. The fourth-order valence-electron chi connectivity index (χ4n) is 2.15. The predicted octanol–water partition coefficient (Wildman–Crippen LogP) is 4.68. The summed E-state index contributed by atoms with van der Waals surface area (Å²) in [5, 5.41) is 0.187. The van der Waals surface area contributed by atoms with Crippen LogP contribution in [0.3, 0.4) is 0 Å². The molecule has 122 valence electrons. The molecule has 0 saturated heterocycles. The topological polar surface area (TPSA) is 35.5 Å². The predicted molar refractivity (Wildman–Crippen MR) is 89.8 cm³/mol. The van der Waals surface area contributed by atoms with E-state index in [0.29, 0.717) is 6.42 Å². The Kier molecular flexibility index (Phi) is 5.49. The minimum atomic E-state index is -1.80. The summed E-state index contributed by atoms with van der Waals surface area (Å²) in [4.78, 5) is 12.0. The molecule has 0 unspecified atom stereocenters. The van der Waals surface area contributed by atoms with Gasteiger partial charge in [0.05, 0.1) is 12.5 Å². The van der Waals surface area contributed by atoms with Crippen LogP contribution in [-0.2, 0) is 14.0 Å². The lowest BCUT2D eigenvalue weighted by Crippen LogP contribution is -2.45. The molecule has 0 aliphatic heterocycles. The molecule has 21 heavy (non-hydrogen) atoms. The van der Waals surface area contributed by atoms with Crippen LogP contribution in [0.1, 0.15) is 54.4 Å². The monoisotopic (exact) mass is 312 g/mol. The van der Waals surface area contributed by atoms with Gasteiger partial charge in [-0.05, 0) is 45.3 Å². The van der Waals surface area contributed by atoms with Gasteiger partial charge in [0.1, 0.15) is 5.60 Å². The van der Waals surface area contributed by atoms with E-state index >= 15 is 0 Å². The number of ether oxygens (including phenoxy) is 1. The largest absolute Gasteiger partial charge is 0.460 e. The summed E-state index contributed by atoms with van der Waals surface area (Å²) in [5.74, 6) is 0.0110. The Morgan fingerprint density at radius 2 is 1.76 bits per heavy atom. The molecule has 0 heterocycles. The van der Waals surface area contributed by atoms with Gasteiger partial charge in [-0.1, -0.05) is 32.9 Å². The molecule has 0 aromatic heterocycles. The van der Waals surface area contributed by atoms with Crippen LogP contribution in [0, 0.1) is 5.92 Å². The average Bonchev–Trinajstić information content (AvgIpc) is 2.59. The first kappa shape index (κ1) is 18.4. The number of hydrogen-bond donors (Lipinski definition) is 0. The highest BCUT2D eigenvalue weighted by Crippen LogP contribution is 2.40. The third kappa shape index (κ3) is 5.59. The molecule has 4 heteroatoms. The van der Waals surface area contributed by atoms with Crippen LogP contribution in [0.15, 0.2) is 12.2 Å². The maximum atomic E-state index is 12.0.